The van der Waals surface area contributed by atoms with E-state index in [4.69, 9.17) is 0 Å². The summed E-state index contributed by atoms with van der Waals surface area (Å²) in [7, 11) is 0. The molecule has 0 bridgehead atoms. The molecule has 0 radical (unpaired) electrons. The van der Waals surface area contributed by atoms with Crippen LogP contribution >= 0.6 is 15.9 Å². The van der Waals surface area contributed by atoms with Gasteiger partial charge in [0, 0.05) is 18.2 Å². The molecule has 0 aromatic carbocycles. The first-order valence-corrected chi connectivity index (χ1v) is 6.09. The number of aromatic nitrogens is 4. The lowest BCUT2D eigenvalue weighted by Crippen LogP contribution is -2.03. The van der Waals surface area contributed by atoms with E-state index in [2.05, 4.69) is 31.0 Å². The van der Waals surface area contributed by atoms with Gasteiger partial charge in [-0.3, -0.25) is 0 Å². The minimum Gasteiger partial charge on any atom is -0.226 e. The molecule has 0 saturated heterocycles. The molecule has 0 amide bonds. The Kier molecular flexibility index (Phi) is 2.28. The molecule has 0 unspecified atom stereocenters. The maximum absolute atomic E-state index is 4.54. The monoisotopic (exact) mass is 278 g/mol. The fourth-order valence-electron chi connectivity index (χ4n) is 1.61. The van der Waals surface area contributed by atoms with E-state index >= 15 is 0 Å². The van der Waals surface area contributed by atoms with Gasteiger partial charge in [0.05, 0.1) is 5.69 Å². The number of nitrogens with zero attached hydrogens (tertiary/aromatic N) is 4. The molecule has 0 N–H and O–H groups in total. The highest BCUT2D eigenvalue weighted by Crippen LogP contribution is 2.38. The number of halogens is 1. The predicted octanol–water partition coefficient (Wildman–Crippen LogP) is 2.61. The highest BCUT2D eigenvalue weighted by molar-refractivity contribution is 9.10. The Morgan fingerprint density at radius 2 is 2.19 bits per heavy atom. The van der Waals surface area contributed by atoms with Crippen LogP contribution in [0.25, 0.3) is 5.82 Å². The highest BCUT2D eigenvalue weighted by atomic mass is 79.9. The molecular formula is C11H11BrN4. The van der Waals surface area contributed by atoms with Crippen LogP contribution in [0.15, 0.2) is 22.9 Å². The lowest BCUT2D eigenvalue weighted by atomic mass is 10.4. The summed E-state index contributed by atoms with van der Waals surface area (Å²) in [6, 6.07) is 3.85. The van der Waals surface area contributed by atoms with Gasteiger partial charge in [-0.05, 0) is 41.8 Å². The summed E-state index contributed by atoms with van der Waals surface area (Å²) in [5, 5.41) is 4.35. The minimum absolute atomic E-state index is 0.549. The van der Waals surface area contributed by atoms with Crippen molar-refractivity contribution >= 4 is 15.9 Å². The first-order chi connectivity index (χ1) is 7.72. The Bertz CT molecular complexity index is 531. The van der Waals surface area contributed by atoms with E-state index in [9.17, 15) is 0 Å². The molecule has 16 heavy (non-hydrogen) atoms. The van der Waals surface area contributed by atoms with Gasteiger partial charge in [0.25, 0.3) is 0 Å². The molecule has 4 nitrogen and oxygen atoms in total. The Balaban J connectivity index is 2.06. The summed E-state index contributed by atoms with van der Waals surface area (Å²) in [5.74, 6) is 2.31. The van der Waals surface area contributed by atoms with Crippen molar-refractivity contribution in [1.29, 1.82) is 0 Å². The molecule has 2 heterocycles. The molecule has 2 aromatic rings. The van der Waals surface area contributed by atoms with Crippen LogP contribution in [0.5, 0.6) is 0 Å². The van der Waals surface area contributed by atoms with Gasteiger partial charge in [0.1, 0.15) is 10.4 Å². The number of rotatable bonds is 2. The third-order valence-corrected chi connectivity index (χ3v) is 3.00. The van der Waals surface area contributed by atoms with E-state index in [-0.39, 0.29) is 0 Å². The number of hydrogen-bond donors (Lipinski definition) is 0. The molecule has 3 rings (SSSR count). The Labute approximate surface area is 102 Å². The van der Waals surface area contributed by atoms with Crippen LogP contribution in [0.1, 0.15) is 30.3 Å². The van der Waals surface area contributed by atoms with Crippen molar-refractivity contribution in [2.24, 2.45) is 0 Å². The Morgan fingerprint density at radius 3 is 2.81 bits per heavy atom. The van der Waals surface area contributed by atoms with E-state index < -0.39 is 0 Å². The molecule has 0 aliphatic heterocycles. The Morgan fingerprint density at radius 1 is 1.38 bits per heavy atom. The summed E-state index contributed by atoms with van der Waals surface area (Å²) < 4.78 is 2.61. The van der Waals surface area contributed by atoms with Crippen LogP contribution < -0.4 is 0 Å². The lowest BCUT2D eigenvalue weighted by molar-refractivity contribution is 0.796. The van der Waals surface area contributed by atoms with Gasteiger partial charge in [-0.1, -0.05) is 0 Å². The molecule has 0 atom stereocenters. The summed E-state index contributed by atoms with van der Waals surface area (Å²) in [6.07, 6.45) is 4.32. The average Bonchev–Trinajstić information content (AvgIpc) is 3.01. The van der Waals surface area contributed by atoms with E-state index in [1.54, 1.807) is 4.68 Å². The van der Waals surface area contributed by atoms with Gasteiger partial charge in [-0.25, -0.2) is 14.6 Å². The third-order valence-electron chi connectivity index (χ3n) is 2.60. The van der Waals surface area contributed by atoms with Crippen molar-refractivity contribution in [3.05, 3.63) is 34.5 Å². The smallest absolute Gasteiger partial charge is 0.158 e. The van der Waals surface area contributed by atoms with Crippen LogP contribution in [-0.2, 0) is 0 Å². The van der Waals surface area contributed by atoms with Crippen molar-refractivity contribution in [2.75, 3.05) is 0 Å². The fourth-order valence-corrected chi connectivity index (χ4v) is 1.99. The minimum atomic E-state index is 0.549. The van der Waals surface area contributed by atoms with Gasteiger partial charge in [0.15, 0.2) is 5.82 Å². The highest BCUT2D eigenvalue weighted by Gasteiger charge is 2.27. The molecule has 1 saturated carbocycles. The predicted molar refractivity (Wildman–Crippen MR) is 63.6 cm³/mol. The van der Waals surface area contributed by atoms with Crippen molar-refractivity contribution in [3.8, 4) is 5.82 Å². The van der Waals surface area contributed by atoms with Crippen LogP contribution in [0.4, 0.5) is 0 Å². The van der Waals surface area contributed by atoms with E-state index in [1.807, 2.05) is 25.3 Å². The summed E-state index contributed by atoms with van der Waals surface area (Å²) in [6.45, 7) is 1.97. The quantitative estimate of drug-likeness (QED) is 0.794. The molecule has 1 aliphatic rings. The van der Waals surface area contributed by atoms with E-state index in [0.717, 1.165) is 21.9 Å². The second kappa shape index (κ2) is 3.66. The molecular weight excluding hydrogens is 268 g/mol. The molecule has 0 spiro atoms. The van der Waals surface area contributed by atoms with Crippen LogP contribution in [0.3, 0.4) is 0 Å². The Hall–Kier alpha value is -1.23. The lowest BCUT2D eigenvalue weighted by Gasteiger charge is -2.04. The van der Waals surface area contributed by atoms with Crippen LogP contribution in [0.2, 0.25) is 0 Å². The number of aryl methyl sites for hydroxylation is 1. The maximum atomic E-state index is 4.54. The van der Waals surface area contributed by atoms with E-state index in [1.165, 1.54) is 12.8 Å². The van der Waals surface area contributed by atoms with Crippen molar-refractivity contribution < 1.29 is 0 Å². The third kappa shape index (κ3) is 1.87. The molecule has 82 valence electrons. The van der Waals surface area contributed by atoms with Crippen LogP contribution in [-0.4, -0.2) is 19.7 Å². The van der Waals surface area contributed by atoms with Gasteiger partial charge in [0.2, 0.25) is 0 Å². The van der Waals surface area contributed by atoms with Gasteiger partial charge in [-0.15, -0.1) is 0 Å². The standard InChI is InChI=1S/C11H11BrN4/c1-7-4-5-16(15-7)10-6-9(12)13-11(14-10)8-2-3-8/h4-6,8H,2-3H2,1H3. The topological polar surface area (TPSA) is 43.6 Å². The normalized spacial score (nSPS) is 15.4. The summed E-state index contributed by atoms with van der Waals surface area (Å²) in [5.41, 5.74) is 0.989. The van der Waals surface area contributed by atoms with Gasteiger partial charge >= 0.3 is 0 Å². The van der Waals surface area contributed by atoms with Crippen LogP contribution in [0, 0.1) is 6.92 Å². The second-order valence-electron chi connectivity index (χ2n) is 4.08. The summed E-state index contributed by atoms with van der Waals surface area (Å²) >= 11 is 3.42. The zero-order valence-corrected chi connectivity index (χ0v) is 10.5. The number of hydrogen-bond acceptors (Lipinski definition) is 3. The first kappa shape index (κ1) is 9.96. The molecule has 1 fully saturated rings. The molecule has 5 heteroatoms. The fraction of sp³-hybridized carbons (Fsp3) is 0.364. The maximum Gasteiger partial charge on any atom is 0.158 e. The average molecular weight is 279 g/mol. The van der Waals surface area contributed by atoms with Crippen molar-refractivity contribution in [2.45, 2.75) is 25.7 Å². The molecule has 2 aromatic heterocycles. The zero-order valence-electron chi connectivity index (χ0n) is 8.89. The van der Waals surface area contributed by atoms with Gasteiger partial charge in [-0.2, -0.15) is 5.10 Å². The zero-order chi connectivity index (χ0) is 11.1. The molecule has 1 aliphatic carbocycles. The first-order valence-electron chi connectivity index (χ1n) is 5.29. The SMILES string of the molecule is Cc1ccn(-c2cc(Br)nc(C3CC3)n2)n1. The van der Waals surface area contributed by atoms with E-state index in [0.29, 0.717) is 5.92 Å². The van der Waals surface area contributed by atoms with Gasteiger partial charge < -0.3 is 0 Å². The largest absolute Gasteiger partial charge is 0.226 e. The van der Waals surface area contributed by atoms with Crippen molar-refractivity contribution in [1.82, 2.24) is 19.7 Å². The summed E-state index contributed by atoms with van der Waals surface area (Å²) in [4.78, 5) is 8.93. The second-order valence-corrected chi connectivity index (χ2v) is 4.90. The van der Waals surface area contributed by atoms with Crippen molar-refractivity contribution in [3.63, 3.8) is 0 Å².